The van der Waals surface area contributed by atoms with Crippen molar-refractivity contribution in [3.8, 4) is 0 Å². The van der Waals surface area contributed by atoms with E-state index in [0.29, 0.717) is 11.7 Å². The molecular formula is C16H22N4OS. The van der Waals surface area contributed by atoms with Gasteiger partial charge in [-0.25, -0.2) is 4.98 Å². The van der Waals surface area contributed by atoms with Gasteiger partial charge in [0.2, 0.25) is 5.91 Å². The van der Waals surface area contributed by atoms with Crippen molar-refractivity contribution >= 4 is 23.1 Å². The third kappa shape index (κ3) is 4.80. The zero-order valence-electron chi connectivity index (χ0n) is 13.2. The lowest BCUT2D eigenvalue weighted by molar-refractivity contribution is -0.120. The second-order valence-electron chi connectivity index (χ2n) is 5.68. The summed E-state index contributed by atoms with van der Waals surface area (Å²) in [7, 11) is 1.84. The van der Waals surface area contributed by atoms with Crippen LogP contribution in [0.4, 0.5) is 5.82 Å². The number of rotatable bonds is 7. The summed E-state index contributed by atoms with van der Waals surface area (Å²) in [6.45, 7) is 4.59. The van der Waals surface area contributed by atoms with Crippen LogP contribution in [0.2, 0.25) is 0 Å². The van der Waals surface area contributed by atoms with Crippen LogP contribution >= 0.6 is 11.3 Å². The summed E-state index contributed by atoms with van der Waals surface area (Å²) >= 11 is 1.68. The Bertz CT molecular complexity index is 571. The molecule has 2 rings (SSSR count). The normalized spacial score (nSPS) is 12.2. The third-order valence-corrected chi connectivity index (χ3v) is 4.24. The summed E-state index contributed by atoms with van der Waals surface area (Å²) in [6, 6.07) is 4.16. The number of thiophene rings is 1. The molecule has 0 aliphatic carbocycles. The van der Waals surface area contributed by atoms with Crippen LogP contribution in [0.1, 0.15) is 31.2 Å². The van der Waals surface area contributed by atoms with E-state index in [4.69, 9.17) is 0 Å². The van der Waals surface area contributed by atoms with E-state index in [0.717, 1.165) is 6.42 Å². The van der Waals surface area contributed by atoms with Gasteiger partial charge < -0.3 is 10.2 Å². The van der Waals surface area contributed by atoms with Gasteiger partial charge in [-0.3, -0.25) is 9.78 Å². The van der Waals surface area contributed by atoms with Crippen LogP contribution in [-0.2, 0) is 4.79 Å². The quantitative estimate of drug-likeness (QED) is 0.853. The highest BCUT2D eigenvalue weighted by molar-refractivity contribution is 7.10. The maximum absolute atomic E-state index is 12.3. The van der Waals surface area contributed by atoms with Crippen molar-refractivity contribution in [3.05, 3.63) is 41.0 Å². The van der Waals surface area contributed by atoms with E-state index >= 15 is 0 Å². The predicted octanol–water partition coefficient (Wildman–Crippen LogP) is 2.88. The molecular weight excluding hydrogens is 296 g/mol. The molecule has 1 amide bonds. The molecule has 1 atom stereocenters. The molecule has 5 nitrogen and oxygen atoms in total. The number of carbonyl (C=O) groups excluding carboxylic acids is 1. The molecule has 0 radical (unpaired) electrons. The summed E-state index contributed by atoms with van der Waals surface area (Å²) in [4.78, 5) is 23.5. The molecule has 0 spiro atoms. The smallest absolute Gasteiger partial charge is 0.240 e. The first-order valence-corrected chi connectivity index (χ1v) is 8.24. The number of carbonyl (C=O) groups is 1. The molecule has 22 heavy (non-hydrogen) atoms. The standard InChI is InChI=1S/C16H22N4OS/c1-12(2)9-13(14-5-4-8-22-14)19-16(21)11-20(3)15-10-17-6-7-18-15/h4-8,10,12-13H,9,11H2,1-3H3,(H,19,21)/t13-/m0/s1. The highest BCUT2D eigenvalue weighted by Crippen LogP contribution is 2.25. The van der Waals surface area contributed by atoms with Gasteiger partial charge in [-0.15, -0.1) is 11.3 Å². The van der Waals surface area contributed by atoms with Crippen LogP contribution in [0.25, 0.3) is 0 Å². The van der Waals surface area contributed by atoms with Crippen LogP contribution < -0.4 is 10.2 Å². The molecule has 0 saturated heterocycles. The van der Waals surface area contributed by atoms with Crippen molar-refractivity contribution in [2.45, 2.75) is 26.3 Å². The summed E-state index contributed by atoms with van der Waals surface area (Å²) in [6.07, 6.45) is 5.82. The summed E-state index contributed by atoms with van der Waals surface area (Å²) < 4.78 is 0. The second kappa shape index (κ2) is 7.89. The molecule has 1 N–H and O–H groups in total. The van der Waals surface area contributed by atoms with Crippen LogP contribution in [0, 0.1) is 5.92 Å². The highest BCUT2D eigenvalue weighted by Gasteiger charge is 2.18. The Morgan fingerprint density at radius 1 is 1.41 bits per heavy atom. The molecule has 0 unspecified atom stereocenters. The van der Waals surface area contributed by atoms with Crippen LogP contribution in [0.15, 0.2) is 36.1 Å². The first-order chi connectivity index (χ1) is 10.6. The number of hydrogen-bond donors (Lipinski definition) is 1. The van der Waals surface area contributed by atoms with E-state index in [1.54, 1.807) is 34.8 Å². The van der Waals surface area contributed by atoms with Crippen molar-refractivity contribution in [1.29, 1.82) is 0 Å². The largest absolute Gasteiger partial charge is 0.349 e. The van der Waals surface area contributed by atoms with Gasteiger partial charge in [0.25, 0.3) is 0 Å². The minimum Gasteiger partial charge on any atom is -0.349 e. The molecule has 0 bridgehead atoms. The Morgan fingerprint density at radius 3 is 2.82 bits per heavy atom. The number of likely N-dealkylation sites (N-methyl/N-ethyl adjacent to an activating group) is 1. The zero-order chi connectivity index (χ0) is 15.9. The van der Waals surface area contributed by atoms with E-state index in [9.17, 15) is 4.79 Å². The average Bonchev–Trinajstić information content (AvgIpc) is 3.01. The lowest BCUT2D eigenvalue weighted by atomic mass is 10.0. The van der Waals surface area contributed by atoms with E-state index in [1.807, 2.05) is 18.5 Å². The Kier molecular flexibility index (Phi) is 5.89. The fourth-order valence-corrected chi connectivity index (χ4v) is 3.02. The molecule has 0 aliphatic rings. The number of hydrogen-bond acceptors (Lipinski definition) is 5. The van der Waals surface area contributed by atoms with Gasteiger partial charge in [0.15, 0.2) is 0 Å². The van der Waals surface area contributed by atoms with Gasteiger partial charge >= 0.3 is 0 Å². The fraction of sp³-hybridized carbons (Fsp3) is 0.438. The molecule has 2 aromatic rings. The van der Waals surface area contributed by atoms with Crippen molar-refractivity contribution < 1.29 is 4.79 Å². The molecule has 0 aromatic carbocycles. The van der Waals surface area contributed by atoms with E-state index in [2.05, 4.69) is 35.2 Å². The monoisotopic (exact) mass is 318 g/mol. The average molecular weight is 318 g/mol. The Balaban J connectivity index is 1.96. The fourth-order valence-electron chi connectivity index (χ4n) is 2.23. The predicted molar refractivity (Wildman–Crippen MR) is 90.0 cm³/mol. The second-order valence-corrected chi connectivity index (χ2v) is 6.66. The number of aromatic nitrogens is 2. The molecule has 118 valence electrons. The number of nitrogens with zero attached hydrogens (tertiary/aromatic N) is 3. The van der Waals surface area contributed by atoms with Crippen LogP contribution in [0.3, 0.4) is 0 Å². The first kappa shape index (κ1) is 16.4. The minimum atomic E-state index is -0.00722. The van der Waals surface area contributed by atoms with Crippen molar-refractivity contribution in [2.75, 3.05) is 18.5 Å². The number of amides is 1. The van der Waals surface area contributed by atoms with E-state index in [-0.39, 0.29) is 18.5 Å². The maximum atomic E-state index is 12.3. The van der Waals surface area contributed by atoms with Crippen molar-refractivity contribution in [3.63, 3.8) is 0 Å². The lowest BCUT2D eigenvalue weighted by Gasteiger charge is -2.22. The molecule has 2 aromatic heterocycles. The number of nitrogens with one attached hydrogen (secondary N) is 1. The van der Waals surface area contributed by atoms with Gasteiger partial charge in [-0.1, -0.05) is 19.9 Å². The SMILES string of the molecule is CC(C)C[C@H](NC(=O)CN(C)c1cnccn1)c1cccs1. The summed E-state index contributed by atoms with van der Waals surface area (Å²) in [5.74, 6) is 1.20. The zero-order valence-corrected chi connectivity index (χ0v) is 14.0. The van der Waals surface area contributed by atoms with Gasteiger partial charge in [-0.2, -0.15) is 0 Å². The van der Waals surface area contributed by atoms with E-state index in [1.165, 1.54) is 4.88 Å². The topological polar surface area (TPSA) is 58.1 Å². The van der Waals surface area contributed by atoms with Crippen molar-refractivity contribution in [1.82, 2.24) is 15.3 Å². The van der Waals surface area contributed by atoms with Gasteiger partial charge in [0.05, 0.1) is 18.8 Å². The molecule has 6 heteroatoms. The van der Waals surface area contributed by atoms with Crippen molar-refractivity contribution in [2.24, 2.45) is 5.92 Å². The number of anilines is 1. The molecule has 0 saturated carbocycles. The molecule has 0 aliphatic heterocycles. The lowest BCUT2D eigenvalue weighted by Crippen LogP contribution is -2.37. The van der Waals surface area contributed by atoms with Crippen LogP contribution in [-0.4, -0.2) is 29.5 Å². The van der Waals surface area contributed by atoms with Gasteiger partial charge in [0, 0.05) is 24.3 Å². The third-order valence-electron chi connectivity index (χ3n) is 3.25. The maximum Gasteiger partial charge on any atom is 0.240 e. The Morgan fingerprint density at radius 2 is 2.23 bits per heavy atom. The molecule has 0 fully saturated rings. The van der Waals surface area contributed by atoms with Crippen LogP contribution in [0.5, 0.6) is 0 Å². The minimum absolute atomic E-state index is 0.00722. The van der Waals surface area contributed by atoms with Gasteiger partial charge in [-0.05, 0) is 23.8 Å². The Labute approximate surface area is 135 Å². The molecule has 2 heterocycles. The summed E-state index contributed by atoms with van der Waals surface area (Å²) in [5.41, 5.74) is 0. The first-order valence-electron chi connectivity index (χ1n) is 7.36. The van der Waals surface area contributed by atoms with E-state index < -0.39 is 0 Å². The highest BCUT2D eigenvalue weighted by atomic mass is 32.1. The Hall–Kier alpha value is -1.95. The summed E-state index contributed by atoms with van der Waals surface area (Å²) in [5, 5.41) is 5.18. The van der Waals surface area contributed by atoms with Gasteiger partial charge in [0.1, 0.15) is 5.82 Å².